The molecule has 0 heterocycles. The Morgan fingerprint density at radius 1 is 1.00 bits per heavy atom. The number of rotatable bonds is 7. The Morgan fingerprint density at radius 2 is 1.78 bits per heavy atom. The van der Waals surface area contributed by atoms with Gasteiger partial charge in [0.1, 0.15) is 18.1 Å². The van der Waals surface area contributed by atoms with Gasteiger partial charge in [-0.05, 0) is 60.9 Å². The third-order valence-corrected chi connectivity index (χ3v) is 4.62. The van der Waals surface area contributed by atoms with Crippen molar-refractivity contribution in [3.05, 3.63) is 71.8 Å². The number of benzene rings is 3. The molecule has 4 heteroatoms. The molecule has 3 aromatic rings. The molecule has 0 aliphatic rings. The Morgan fingerprint density at radius 3 is 2.59 bits per heavy atom. The van der Waals surface area contributed by atoms with Crippen LogP contribution >= 0.6 is 0 Å². The quantitative estimate of drug-likeness (QED) is 0.632. The number of hydrogen-bond donors (Lipinski definition) is 1. The highest BCUT2D eigenvalue weighted by atomic mass is 16.5. The van der Waals surface area contributed by atoms with Crippen LogP contribution in [0, 0.1) is 13.8 Å². The zero-order chi connectivity index (χ0) is 19.2. The Bertz CT molecular complexity index is 936. The van der Waals surface area contributed by atoms with Gasteiger partial charge in [0, 0.05) is 0 Å². The summed E-state index contributed by atoms with van der Waals surface area (Å²) < 4.78 is 11.5. The summed E-state index contributed by atoms with van der Waals surface area (Å²) in [6, 6.07) is 19.9. The summed E-state index contributed by atoms with van der Waals surface area (Å²) in [6.07, 6.45) is -0.564. The van der Waals surface area contributed by atoms with E-state index in [0.717, 1.165) is 28.0 Å². The summed E-state index contributed by atoms with van der Waals surface area (Å²) in [6.45, 7) is 6.59. The van der Waals surface area contributed by atoms with Crippen molar-refractivity contribution in [3.63, 3.8) is 0 Å². The van der Waals surface area contributed by atoms with Crippen LogP contribution in [0.25, 0.3) is 10.8 Å². The van der Waals surface area contributed by atoms with Gasteiger partial charge in [0.25, 0.3) is 5.91 Å². The van der Waals surface area contributed by atoms with Gasteiger partial charge in [0.15, 0.2) is 6.10 Å². The van der Waals surface area contributed by atoms with E-state index in [4.69, 9.17) is 9.47 Å². The van der Waals surface area contributed by atoms with E-state index in [-0.39, 0.29) is 5.91 Å². The van der Waals surface area contributed by atoms with Gasteiger partial charge in [-0.1, -0.05) is 42.5 Å². The number of carbonyl (C=O) groups is 1. The van der Waals surface area contributed by atoms with Crippen LogP contribution < -0.4 is 14.8 Å². The van der Waals surface area contributed by atoms with Crippen molar-refractivity contribution in [3.8, 4) is 11.5 Å². The smallest absolute Gasteiger partial charge is 0.260 e. The number of nitrogens with one attached hydrogen (secondary N) is 1. The van der Waals surface area contributed by atoms with E-state index < -0.39 is 6.10 Å². The van der Waals surface area contributed by atoms with Gasteiger partial charge in [-0.15, -0.1) is 0 Å². The molecule has 140 valence electrons. The fraction of sp³-hybridized carbons (Fsp3) is 0.261. The van der Waals surface area contributed by atoms with Crippen LogP contribution in [0.3, 0.4) is 0 Å². The van der Waals surface area contributed by atoms with Crippen LogP contribution in [0.1, 0.15) is 18.1 Å². The SMILES string of the molecule is Cc1cccc(OC(C)C(=O)NCCOc2ccc3ccccc3c2)c1C. The monoisotopic (exact) mass is 363 g/mol. The number of amides is 1. The molecule has 1 unspecified atom stereocenters. The molecule has 1 N–H and O–H groups in total. The lowest BCUT2D eigenvalue weighted by molar-refractivity contribution is -0.127. The van der Waals surface area contributed by atoms with Gasteiger partial charge in [-0.3, -0.25) is 4.79 Å². The number of hydrogen-bond acceptors (Lipinski definition) is 3. The van der Waals surface area contributed by atoms with E-state index in [2.05, 4.69) is 17.4 Å². The molecule has 3 aromatic carbocycles. The fourth-order valence-corrected chi connectivity index (χ4v) is 2.84. The van der Waals surface area contributed by atoms with E-state index in [9.17, 15) is 4.79 Å². The third-order valence-electron chi connectivity index (χ3n) is 4.62. The van der Waals surface area contributed by atoms with Gasteiger partial charge in [-0.25, -0.2) is 0 Å². The first-order chi connectivity index (χ1) is 13.0. The summed E-state index contributed by atoms with van der Waals surface area (Å²) in [4.78, 5) is 12.2. The molecule has 0 spiro atoms. The maximum atomic E-state index is 12.2. The van der Waals surface area contributed by atoms with E-state index in [1.54, 1.807) is 6.92 Å². The van der Waals surface area contributed by atoms with Gasteiger partial charge in [-0.2, -0.15) is 0 Å². The second-order valence-electron chi connectivity index (χ2n) is 6.61. The van der Waals surface area contributed by atoms with Crippen molar-refractivity contribution in [1.29, 1.82) is 0 Å². The molecule has 0 aliphatic carbocycles. The third kappa shape index (κ3) is 4.79. The summed E-state index contributed by atoms with van der Waals surface area (Å²) in [5.41, 5.74) is 2.20. The average molecular weight is 363 g/mol. The molecule has 1 atom stereocenters. The van der Waals surface area contributed by atoms with Crippen LogP contribution in [-0.4, -0.2) is 25.2 Å². The van der Waals surface area contributed by atoms with Crippen LogP contribution in [0.2, 0.25) is 0 Å². The van der Waals surface area contributed by atoms with Crippen molar-refractivity contribution in [2.75, 3.05) is 13.2 Å². The minimum absolute atomic E-state index is 0.155. The highest BCUT2D eigenvalue weighted by Gasteiger charge is 2.15. The maximum Gasteiger partial charge on any atom is 0.260 e. The average Bonchev–Trinajstić information content (AvgIpc) is 2.68. The van der Waals surface area contributed by atoms with E-state index >= 15 is 0 Å². The molecule has 4 nitrogen and oxygen atoms in total. The van der Waals surface area contributed by atoms with Crippen molar-refractivity contribution in [1.82, 2.24) is 5.32 Å². The molecule has 0 radical (unpaired) electrons. The predicted molar refractivity (Wildman–Crippen MR) is 108 cm³/mol. The van der Waals surface area contributed by atoms with E-state index in [1.807, 2.05) is 62.4 Å². The maximum absolute atomic E-state index is 12.2. The molecule has 0 aromatic heterocycles. The fourth-order valence-electron chi connectivity index (χ4n) is 2.84. The summed E-state index contributed by atoms with van der Waals surface area (Å²) in [5.74, 6) is 1.38. The van der Waals surface area contributed by atoms with Gasteiger partial charge in [0.05, 0.1) is 6.54 Å². The Hall–Kier alpha value is -3.01. The standard InChI is InChI=1S/C23H25NO3/c1-16-7-6-10-22(17(16)2)27-18(3)23(25)24-13-14-26-21-12-11-19-8-4-5-9-20(19)15-21/h4-12,15,18H,13-14H2,1-3H3,(H,24,25). The van der Waals surface area contributed by atoms with Crippen molar-refractivity contribution in [2.45, 2.75) is 26.9 Å². The molecular formula is C23H25NO3. The predicted octanol–water partition coefficient (Wildman–Crippen LogP) is 4.42. The second kappa shape index (κ2) is 8.58. The lowest BCUT2D eigenvalue weighted by atomic mass is 10.1. The summed E-state index contributed by atoms with van der Waals surface area (Å²) in [5, 5.41) is 5.17. The van der Waals surface area contributed by atoms with Gasteiger partial charge in [0.2, 0.25) is 0 Å². The minimum Gasteiger partial charge on any atom is -0.492 e. The summed E-state index contributed by atoms with van der Waals surface area (Å²) >= 11 is 0. The molecule has 0 bridgehead atoms. The Labute approximate surface area is 160 Å². The molecule has 27 heavy (non-hydrogen) atoms. The molecule has 0 saturated carbocycles. The molecule has 0 aliphatic heterocycles. The largest absolute Gasteiger partial charge is 0.492 e. The summed E-state index contributed by atoms with van der Waals surface area (Å²) in [7, 11) is 0. The highest BCUT2D eigenvalue weighted by molar-refractivity contribution is 5.83. The first kappa shape index (κ1) is 18.8. The number of ether oxygens (including phenoxy) is 2. The highest BCUT2D eigenvalue weighted by Crippen LogP contribution is 2.22. The van der Waals surface area contributed by atoms with Crippen LogP contribution in [-0.2, 0) is 4.79 Å². The second-order valence-corrected chi connectivity index (χ2v) is 6.61. The Balaban J connectivity index is 1.46. The van der Waals surface area contributed by atoms with Crippen LogP contribution in [0.4, 0.5) is 0 Å². The first-order valence-corrected chi connectivity index (χ1v) is 9.17. The normalized spacial score (nSPS) is 11.8. The number of carbonyl (C=O) groups excluding carboxylic acids is 1. The topological polar surface area (TPSA) is 47.6 Å². The molecule has 1 amide bonds. The van der Waals surface area contributed by atoms with Crippen LogP contribution in [0.5, 0.6) is 11.5 Å². The molecular weight excluding hydrogens is 338 g/mol. The van der Waals surface area contributed by atoms with Crippen molar-refractivity contribution in [2.24, 2.45) is 0 Å². The molecule has 3 rings (SSSR count). The zero-order valence-electron chi connectivity index (χ0n) is 16.0. The first-order valence-electron chi connectivity index (χ1n) is 9.17. The zero-order valence-corrected chi connectivity index (χ0v) is 16.0. The molecule has 0 fully saturated rings. The number of fused-ring (bicyclic) bond motifs is 1. The van der Waals surface area contributed by atoms with Crippen LogP contribution in [0.15, 0.2) is 60.7 Å². The van der Waals surface area contributed by atoms with Crippen molar-refractivity contribution < 1.29 is 14.3 Å². The van der Waals surface area contributed by atoms with Gasteiger partial charge < -0.3 is 14.8 Å². The number of aryl methyl sites for hydroxylation is 1. The van der Waals surface area contributed by atoms with E-state index in [1.165, 1.54) is 5.39 Å². The van der Waals surface area contributed by atoms with Gasteiger partial charge >= 0.3 is 0 Å². The van der Waals surface area contributed by atoms with E-state index in [0.29, 0.717) is 13.2 Å². The Kier molecular flexibility index (Phi) is 5.97. The molecule has 0 saturated heterocycles. The minimum atomic E-state index is -0.564. The van der Waals surface area contributed by atoms with Crippen molar-refractivity contribution >= 4 is 16.7 Å². The lowest BCUT2D eigenvalue weighted by Gasteiger charge is -2.17. The lowest BCUT2D eigenvalue weighted by Crippen LogP contribution is -2.38.